The molecule has 1 fully saturated rings. The molecular weight excluding hydrogens is 484 g/mol. The first-order chi connectivity index (χ1) is 18.8. The monoisotopic (exact) mass is 512 g/mol. The third-order valence-corrected chi connectivity index (χ3v) is 7.69. The van der Waals surface area contributed by atoms with Crippen LogP contribution in [0, 0.1) is 6.92 Å². The average Bonchev–Trinajstić information content (AvgIpc) is 3.32. The van der Waals surface area contributed by atoms with E-state index < -0.39 is 11.1 Å². The molecule has 0 radical (unpaired) electrons. The molecule has 6 aromatic rings. The summed E-state index contributed by atoms with van der Waals surface area (Å²) < 4.78 is 1.82. The normalized spacial score (nSPS) is 20.8. The number of benzene rings is 2. The third kappa shape index (κ3) is 3.90. The van der Waals surface area contributed by atoms with Crippen molar-refractivity contribution in [2.24, 2.45) is 5.73 Å². The molecule has 192 valence electrons. The number of pyridine rings is 2. The lowest BCUT2D eigenvalue weighted by Crippen LogP contribution is -2.58. The van der Waals surface area contributed by atoms with Gasteiger partial charge in [-0.3, -0.25) is 4.98 Å². The molecule has 0 amide bonds. The Morgan fingerprint density at radius 3 is 2.31 bits per heavy atom. The number of hydrogen-bond acceptors (Lipinski definition) is 6. The summed E-state index contributed by atoms with van der Waals surface area (Å²) in [6.07, 6.45) is 6.63. The van der Waals surface area contributed by atoms with Crippen LogP contribution in [0.15, 0.2) is 91.4 Å². The van der Waals surface area contributed by atoms with Crippen molar-refractivity contribution in [1.29, 1.82) is 0 Å². The van der Waals surface area contributed by atoms with E-state index in [9.17, 15) is 5.11 Å². The van der Waals surface area contributed by atoms with E-state index >= 15 is 0 Å². The molecule has 1 saturated carbocycles. The maximum Gasteiger partial charge on any atom is 0.165 e. The van der Waals surface area contributed by atoms with Gasteiger partial charge in [-0.25, -0.2) is 9.97 Å². The van der Waals surface area contributed by atoms with Gasteiger partial charge in [0.05, 0.1) is 17.0 Å². The van der Waals surface area contributed by atoms with Crippen LogP contribution in [-0.2, 0) is 5.54 Å². The molecule has 1 aliphatic rings. The lowest BCUT2D eigenvalue weighted by atomic mass is 9.63. The van der Waals surface area contributed by atoms with Crippen molar-refractivity contribution in [1.82, 2.24) is 24.6 Å². The second-order valence-electron chi connectivity index (χ2n) is 11.0. The molecule has 2 aromatic carbocycles. The first-order valence-corrected chi connectivity index (χ1v) is 13.1. The minimum atomic E-state index is -0.715. The van der Waals surface area contributed by atoms with Crippen molar-refractivity contribution in [3.05, 3.63) is 103 Å². The van der Waals surface area contributed by atoms with Crippen LogP contribution in [0.5, 0.6) is 0 Å². The van der Waals surface area contributed by atoms with Gasteiger partial charge < -0.3 is 10.8 Å². The third-order valence-electron chi connectivity index (χ3n) is 7.69. The number of hydrogen-bond donors (Lipinski definition) is 2. The van der Waals surface area contributed by atoms with Gasteiger partial charge in [0, 0.05) is 57.8 Å². The minimum Gasteiger partial charge on any atom is -0.390 e. The first-order valence-electron chi connectivity index (χ1n) is 13.1. The van der Waals surface area contributed by atoms with Gasteiger partial charge in [-0.15, -0.1) is 0 Å². The molecule has 7 heteroatoms. The van der Waals surface area contributed by atoms with Crippen LogP contribution in [0.25, 0.3) is 50.2 Å². The van der Waals surface area contributed by atoms with Crippen LogP contribution in [-0.4, -0.2) is 35.3 Å². The van der Waals surface area contributed by atoms with Crippen molar-refractivity contribution >= 4 is 16.7 Å². The van der Waals surface area contributed by atoms with Gasteiger partial charge in [0.1, 0.15) is 0 Å². The molecule has 39 heavy (non-hydrogen) atoms. The number of aryl methyl sites for hydroxylation is 1. The van der Waals surface area contributed by atoms with Crippen molar-refractivity contribution in [3.8, 4) is 33.5 Å². The molecule has 0 bridgehead atoms. The van der Waals surface area contributed by atoms with E-state index in [0.717, 1.165) is 61.4 Å². The highest BCUT2D eigenvalue weighted by atomic mass is 16.3. The van der Waals surface area contributed by atoms with E-state index in [0.29, 0.717) is 12.8 Å². The highest BCUT2D eigenvalue weighted by Gasteiger charge is 2.49. The van der Waals surface area contributed by atoms with Crippen molar-refractivity contribution in [2.75, 3.05) is 0 Å². The molecule has 0 aliphatic heterocycles. The first kappa shape index (κ1) is 23.6. The molecule has 0 unspecified atom stereocenters. The molecule has 0 atom stereocenters. The smallest absolute Gasteiger partial charge is 0.165 e. The van der Waals surface area contributed by atoms with Crippen LogP contribution in [0.2, 0.25) is 0 Å². The van der Waals surface area contributed by atoms with E-state index in [1.807, 2.05) is 61.1 Å². The lowest BCUT2D eigenvalue weighted by Gasteiger charge is -2.49. The second-order valence-corrected chi connectivity index (χ2v) is 11.0. The van der Waals surface area contributed by atoms with Gasteiger partial charge in [0.15, 0.2) is 11.3 Å². The molecule has 1 aliphatic carbocycles. The maximum absolute atomic E-state index is 10.3. The van der Waals surface area contributed by atoms with Crippen LogP contribution in [0.3, 0.4) is 0 Å². The summed E-state index contributed by atoms with van der Waals surface area (Å²) >= 11 is 0. The Morgan fingerprint density at radius 2 is 1.62 bits per heavy atom. The topological polar surface area (TPSA) is 102 Å². The van der Waals surface area contributed by atoms with E-state index in [2.05, 4.69) is 47.4 Å². The highest BCUT2D eigenvalue weighted by molar-refractivity contribution is 6.06. The quantitative estimate of drug-likeness (QED) is 0.315. The van der Waals surface area contributed by atoms with Gasteiger partial charge in [-0.2, -0.15) is 9.61 Å². The number of rotatable bonds is 4. The summed E-state index contributed by atoms with van der Waals surface area (Å²) in [5, 5.41) is 16.0. The fraction of sp³-hybridized carbons (Fsp3) is 0.188. The minimum absolute atomic E-state index is 0.521. The average molecular weight is 513 g/mol. The van der Waals surface area contributed by atoms with Gasteiger partial charge >= 0.3 is 0 Å². The van der Waals surface area contributed by atoms with Crippen LogP contribution < -0.4 is 5.73 Å². The summed E-state index contributed by atoms with van der Waals surface area (Å²) in [4.78, 5) is 14.4. The molecule has 3 N–H and O–H groups in total. The van der Waals surface area contributed by atoms with Crippen molar-refractivity contribution in [2.45, 2.75) is 37.8 Å². The zero-order valence-corrected chi connectivity index (χ0v) is 21.8. The standard InChI is InChI=1S/C32H28N6O/c1-20-15-26-35-17-25-27(23-9-6-14-34-16-23)28(21-7-4-3-5-8-21)29(36-30(25)38(26)37-20)22-10-12-24(13-11-22)32(33)18-31(2,39)19-32/h3-17,39H,18-19,33H2,1-2H3/t31-,32-. The SMILES string of the molecule is Cc1cc2ncc3c(-c4cccnc4)c(-c4ccccc4)c(-c4ccc([C@]5(N)C[C@](C)(O)C5)cc4)nc3n2n1. The Balaban J connectivity index is 1.54. The maximum atomic E-state index is 10.3. The summed E-state index contributed by atoms with van der Waals surface area (Å²) in [5.41, 5.74) is 14.6. The zero-order chi connectivity index (χ0) is 26.8. The number of aromatic nitrogens is 5. The van der Waals surface area contributed by atoms with Crippen LogP contribution in [0.1, 0.15) is 31.0 Å². The van der Waals surface area contributed by atoms with Gasteiger partial charge in [0.2, 0.25) is 0 Å². The summed E-state index contributed by atoms with van der Waals surface area (Å²) in [7, 11) is 0. The molecule has 7 rings (SSSR count). The Kier molecular flexibility index (Phi) is 5.17. The fourth-order valence-corrected chi connectivity index (χ4v) is 6.11. The number of nitrogens with zero attached hydrogens (tertiary/aromatic N) is 5. The highest BCUT2D eigenvalue weighted by Crippen LogP contribution is 2.47. The summed E-state index contributed by atoms with van der Waals surface area (Å²) in [5.74, 6) is 0. The number of fused-ring (bicyclic) bond motifs is 3. The largest absolute Gasteiger partial charge is 0.390 e. The second kappa shape index (κ2) is 8.53. The van der Waals surface area contributed by atoms with Crippen LogP contribution >= 0.6 is 0 Å². The molecular formula is C32H28N6O. The van der Waals surface area contributed by atoms with Gasteiger partial charge in [-0.05, 0) is 43.9 Å². The van der Waals surface area contributed by atoms with Crippen LogP contribution in [0.4, 0.5) is 0 Å². The molecule has 0 saturated heterocycles. The van der Waals surface area contributed by atoms with E-state index in [4.69, 9.17) is 20.8 Å². The summed E-state index contributed by atoms with van der Waals surface area (Å²) in [6.45, 7) is 3.80. The predicted octanol–water partition coefficient (Wildman–Crippen LogP) is 5.68. The van der Waals surface area contributed by atoms with Crippen molar-refractivity contribution < 1.29 is 5.11 Å². The Labute approximate surface area is 226 Å². The lowest BCUT2D eigenvalue weighted by molar-refractivity contribution is -0.0738. The molecule has 4 heterocycles. The van der Waals surface area contributed by atoms with Gasteiger partial charge in [0.25, 0.3) is 0 Å². The molecule has 0 spiro atoms. The number of nitrogens with two attached hydrogens (primary N) is 1. The Morgan fingerprint density at radius 1 is 0.872 bits per heavy atom. The summed E-state index contributed by atoms with van der Waals surface area (Å²) in [6, 6.07) is 24.6. The Bertz CT molecular complexity index is 1840. The van der Waals surface area contributed by atoms with E-state index in [1.165, 1.54) is 0 Å². The predicted molar refractivity (Wildman–Crippen MR) is 153 cm³/mol. The van der Waals surface area contributed by atoms with Crippen molar-refractivity contribution in [3.63, 3.8) is 0 Å². The van der Waals surface area contributed by atoms with Gasteiger partial charge in [-0.1, -0.05) is 60.7 Å². The number of aliphatic hydroxyl groups is 1. The Hall–Kier alpha value is -4.46. The molecule has 4 aromatic heterocycles. The zero-order valence-electron chi connectivity index (χ0n) is 21.8. The van der Waals surface area contributed by atoms with E-state index in [1.54, 1.807) is 6.20 Å². The van der Waals surface area contributed by atoms with E-state index in [-0.39, 0.29) is 0 Å². The fourth-order valence-electron chi connectivity index (χ4n) is 6.11. The molecule has 7 nitrogen and oxygen atoms in total.